The highest BCUT2D eigenvalue weighted by Gasteiger charge is 2.21. The minimum Gasteiger partial charge on any atom is -0.508 e. The third-order valence-corrected chi connectivity index (χ3v) is 5.54. The predicted octanol–water partition coefficient (Wildman–Crippen LogP) is 5.69. The number of amides is 1. The van der Waals surface area contributed by atoms with Crippen LogP contribution >= 0.6 is 35.2 Å². The molecule has 3 aromatic carbocycles. The van der Waals surface area contributed by atoms with Crippen molar-refractivity contribution in [3.8, 4) is 5.75 Å². The molecule has 3 aromatic rings. The van der Waals surface area contributed by atoms with E-state index in [-0.39, 0.29) is 18.1 Å². The van der Waals surface area contributed by atoms with Gasteiger partial charge in [0.25, 0.3) is 0 Å². The average Bonchev–Trinajstić information content (AvgIpc) is 2.77. The van der Waals surface area contributed by atoms with Crippen LogP contribution in [0.3, 0.4) is 0 Å². The van der Waals surface area contributed by atoms with E-state index < -0.39 is 18.2 Å². The summed E-state index contributed by atoms with van der Waals surface area (Å²) in [6, 6.07) is 18.4. The number of nitrogens with one attached hydrogen (secondary N) is 1. The van der Waals surface area contributed by atoms with Crippen LogP contribution < -0.4 is 5.32 Å². The first-order valence-electron chi connectivity index (χ1n) is 9.68. The highest BCUT2D eigenvalue weighted by Crippen LogP contribution is 2.32. The Balaban J connectivity index is 1.74. The van der Waals surface area contributed by atoms with Gasteiger partial charge in [0.1, 0.15) is 11.9 Å². The highest BCUT2D eigenvalue weighted by atomic mass is 127. The standard InChI is InChI=1S/C23H22INO5S/c24-16-10-11-20(26)18(13-16)21(9-4-12-29-22(27)14-31)30-23(28)25-19-8-3-6-15-5-1-2-7-17(15)19/h1-3,5-8,10-11,13,21,26,31H,4,9,12,14H2,(H,25,28)/t21-/m1/s1. The lowest BCUT2D eigenvalue weighted by molar-refractivity contribution is -0.140. The molecule has 1 amide bonds. The Morgan fingerprint density at radius 3 is 2.68 bits per heavy atom. The smallest absolute Gasteiger partial charge is 0.412 e. The van der Waals surface area contributed by atoms with Crippen LogP contribution in [0.15, 0.2) is 60.7 Å². The number of anilines is 1. The van der Waals surface area contributed by atoms with E-state index in [1.54, 1.807) is 24.3 Å². The van der Waals surface area contributed by atoms with Crippen LogP contribution in [0.2, 0.25) is 0 Å². The highest BCUT2D eigenvalue weighted by molar-refractivity contribution is 14.1. The Labute approximate surface area is 199 Å². The Morgan fingerprint density at radius 2 is 1.87 bits per heavy atom. The van der Waals surface area contributed by atoms with Crippen molar-refractivity contribution in [1.29, 1.82) is 0 Å². The first kappa shape index (κ1) is 23.2. The number of ether oxygens (including phenoxy) is 2. The van der Waals surface area contributed by atoms with E-state index in [9.17, 15) is 14.7 Å². The number of phenols is 1. The number of carbonyl (C=O) groups is 2. The lowest BCUT2D eigenvalue weighted by Crippen LogP contribution is -2.18. The van der Waals surface area contributed by atoms with Crippen LogP contribution in [0, 0.1) is 3.57 Å². The van der Waals surface area contributed by atoms with Gasteiger partial charge in [0.2, 0.25) is 0 Å². The van der Waals surface area contributed by atoms with Gasteiger partial charge in [0.15, 0.2) is 0 Å². The van der Waals surface area contributed by atoms with E-state index in [1.807, 2.05) is 36.4 Å². The number of thiol groups is 1. The molecule has 31 heavy (non-hydrogen) atoms. The van der Waals surface area contributed by atoms with Crippen LogP contribution in [-0.2, 0) is 14.3 Å². The van der Waals surface area contributed by atoms with Gasteiger partial charge in [-0.25, -0.2) is 4.79 Å². The molecule has 0 saturated carbocycles. The van der Waals surface area contributed by atoms with Crippen LogP contribution in [0.5, 0.6) is 5.75 Å². The van der Waals surface area contributed by atoms with E-state index in [2.05, 4.69) is 40.5 Å². The molecule has 0 unspecified atom stereocenters. The maximum Gasteiger partial charge on any atom is 0.412 e. The zero-order valence-electron chi connectivity index (χ0n) is 16.6. The maximum atomic E-state index is 12.7. The summed E-state index contributed by atoms with van der Waals surface area (Å²) in [5.41, 5.74) is 1.14. The predicted molar refractivity (Wildman–Crippen MR) is 132 cm³/mol. The number of rotatable bonds is 8. The van der Waals surface area contributed by atoms with Gasteiger partial charge in [-0.2, -0.15) is 12.6 Å². The molecule has 0 spiro atoms. The van der Waals surface area contributed by atoms with Crippen molar-refractivity contribution in [2.45, 2.75) is 18.9 Å². The van der Waals surface area contributed by atoms with Gasteiger partial charge in [-0.05, 0) is 65.1 Å². The van der Waals surface area contributed by atoms with Gasteiger partial charge in [0.05, 0.1) is 18.0 Å². The second kappa shape index (κ2) is 11.2. The minimum atomic E-state index is -0.709. The molecule has 6 nitrogen and oxygen atoms in total. The summed E-state index contributed by atoms with van der Waals surface area (Å²) in [5.74, 6) is -0.368. The molecule has 0 aromatic heterocycles. The first-order chi connectivity index (χ1) is 15.0. The van der Waals surface area contributed by atoms with Crippen LogP contribution in [0.25, 0.3) is 10.8 Å². The van der Waals surface area contributed by atoms with E-state index in [4.69, 9.17) is 9.47 Å². The molecule has 0 aliphatic carbocycles. The zero-order valence-corrected chi connectivity index (χ0v) is 19.6. The van der Waals surface area contributed by atoms with Crippen molar-refractivity contribution in [3.05, 3.63) is 69.8 Å². The third-order valence-electron chi connectivity index (χ3n) is 4.61. The number of carbonyl (C=O) groups excluding carboxylic acids is 2. The van der Waals surface area contributed by atoms with Crippen LogP contribution in [0.4, 0.5) is 10.5 Å². The fourth-order valence-corrected chi connectivity index (χ4v) is 3.77. The average molecular weight is 551 g/mol. The van der Waals surface area contributed by atoms with Gasteiger partial charge in [-0.3, -0.25) is 10.1 Å². The molecular formula is C23H22INO5S. The Kier molecular flexibility index (Phi) is 8.42. The molecule has 0 fully saturated rings. The second-order valence-corrected chi connectivity index (χ2v) is 8.33. The largest absolute Gasteiger partial charge is 0.508 e. The number of aromatic hydroxyl groups is 1. The van der Waals surface area contributed by atoms with E-state index in [0.29, 0.717) is 24.1 Å². The van der Waals surface area contributed by atoms with Crippen molar-refractivity contribution >= 4 is 63.7 Å². The SMILES string of the molecule is O=C(CS)OCCC[C@@H](OC(=O)Nc1cccc2ccccc12)c1cc(I)ccc1O. The molecule has 0 heterocycles. The number of hydrogen-bond donors (Lipinski definition) is 3. The summed E-state index contributed by atoms with van der Waals surface area (Å²) < 4.78 is 11.6. The van der Waals surface area contributed by atoms with Gasteiger partial charge < -0.3 is 14.6 Å². The van der Waals surface area contributed by atoms with Crippen molar-refractivity contribution in [1.82, 2.24) is 0 Å². The maximum absolute atomic E-state index is 12.7. The Morgan fingerprint density at radius 1 is 1.10 bits per heavy atom. The second-order valence-electron chi connectivity index (χ2n) is 6.77. The van der Waals surface area contributed by atoms with E-state index >= 15 is 0 Å². The molecule has 1 atom stereocenters. The number of halogens is 1. The molecule has 0 aliphatic heterocycles. The molecule has 0 radical (unpaired) electrons. The lowest BCUT2D eigenvalue weighted by Gasteiger charge is -2.20. The van der Waals surface area contributed by atoms with Crippen LogP contribution in [0.1, 0.15) is 24.5 Å². The van der Waals surface area contributed by atoms with Crippen molar-refractivity contribution in [3.63, 3.8) is 0 Å². The van der Waals surface area contributed by atoms with Crippen molar-refractivity contribution in [2.24, 2.45) is 0 Å². The summed E-state index contributed by atoms with van der Waals surface area (Å²) in [4.78, 5) is 24.0. The normalized spacial score (nSPS) is 11.7. The number of hydrogen-bond acceptors (Lipinski definition) is 6. The molecule has 162 valence electrons. The molecule has 0 bridgehead atoms. The van der Waals surface area contributed by atoms with Gasteiger partial charge in [-0.1, -0.05) is 36.4 Å². The summed E-state index contributed by atoms with van der Waals surface area (Å²) in [6.07, 6.45) is -0.515. The number of esters is 1. The van der Waals surface area contributed by atoms with Crippen LogP contribution in [-0.4, -0.2) is 29.5 Å². The van der Waals surface area contributed by atoms with E-state index in [0.717, 1.165) is 14.3 Å². The molecule has 2 N–H and O–H groups in total. The van der Waals surface area contributed by atoms with Crippen molar-refractivity contribution in [2.75, 3.05) is 17.7 Å². The quantitative estimate of drug-likeness (QED) is 0.145. The van der Waals surface area contributed by atoms with Crippen molar-refractivity contribution < 1.29 is 24.2 Å². The first-order valence-corrected chi connectivity index (χ1v) is 11.4. The number of benzene rings is 3. The Hall–Kier alpha value is -2.46. The Bertz CT molecular complexity index is 1070. The zero-order chi connectivity index (χ0) is 22.2. The lowest BCUT2D eigenvalue weighted by atomic mass is 10.0. The summed E-state index contributed by atoms with van der Waals surface area (Å²) >= 11 is 6.00. The monoisotopic (exact) mass is 551 g/mol. The summed E-state index contributed by atoms with van der Waals surface area (Å²) in [5, 5.41) is 15.0. The van der Waals surface area contributed by atoms with Gasteiger partial charge in [-0.15, -0.1) is 0 Å². The summed E-state index contributed by atoms with van der Waals surface area (Å²) in [7, 11) is 0. The molecule has 0 aliphatic rings. The molecule has 3 rings (SSSR count). The fourth-order valence-electron chi connectivity index (χ4n) is 3.16. The topological polar surface area (TPSA) is 84.9 Å². The van der Waals surface area contributed by atoms with E-state index in [1.165, 1.54) is 0 Å². The fraction of sp³-hybridized carbons (Fsp3) is 0.217. The number of fused-ring (bicyclic) bond motifs is 1. The van der Waals surface area contributed by atoms with Gasteiger partial charge >= 0.3 is 12.1 Å². The third kappa shape index (κ3) is 6.51. The molecule has 0 saturated heterocycles. The molecule has 8 heteroatoms. The van der Waals surface area contributed by atoms with Gasteiger partial charge in [0, 0.05) is 14.5 Å². The number of phenolic OH excluding ortho intramolecular Hbond substituents is 1. The summed E-state index contributed by atoms with van der Waals surface area (Å²) in [6.45, 7) is 0.175. The molecular weight excluding hydrogens is 529 g/mol. The minimum absolute atomic E-state index is 0.00500.